The van der Waals surface area contributed by atoms with Gasteiger partial charge in [-0.25, -0.2) is 0 Å². The van der Waals surface area contributed by atoms with Gasteiger partial charge in [0.05, 0.1) is 10.6 Å². The van der Waals surface area contributed by atoms with Crippen LogP contribution in [0.15, 0.2) is 22.7 Å². The summed E-state index contributed by atoms with van der Waals surface area (Å²) in [6.45, 7) is 1.82. The number of halogens is 2. The molecule has 0 aromatic heterocycles. The second-order valence-electron chi connectivity index (χ2n) is 4.19. The molecule has 1 unspecified atom stereocenters. The molecule has 0 spiro atoms. The van der Waals surface area contributed by atoms with Crippen LogP contribution in [0.3, 0.4) is 0 Å². The van der Waals surface area contributed by atoms with Crippen molar-refractivity contribution < 1.29 is 4.79 Å². The van der Waals surface area contributed by atoms with Crippen molar-refractivity contribution >= 4 is 33.4 Å². The molecule has 3 nitrogen and oxygen atoms in total. The van der Waals surface area contributed by atoms with Crippen LogP contribution in [0.2, 0.25) is 5.02 Å². The fourth-order valence-corrected chi connectivity index (χ4v) is 2.55. The van der Waals surface area contributed by atoms with Gasteiger partial charge in [-0.1, -0.05) is 27.5 Å². The summed E-state index contributed by atoms with van der Waals surface area (Å²) in [5.41, 5.74) is 0.551. The lowest BCUT2D eigenvalue weighted by Gasteiger charge is -2.24. The number of benzene rings is 1. The van der Waals surface area contributed by atoms with Crippen LogP contribution in [0.5, 0.6) is 0 Å². The van der Waals surface area contributed by atoms with E-state index in [1.807, 2.05) is 13.1 Å². The molecule has 1 aliphatic heterocycles. The minimum Gasteiger partial charge on any atom is -0.337 e. The van der Waals surface area contributed by atoms with Crippen LogP contribution >= 0.6 is 27.5 Å². The topological polar surface area (TPSA) is 32.3 Å². The number of hydrogen-bond acceptors (Lipinski definition) is 2. The molecule has 0 saturated carbocycles. The van der Waals surface area contributed by atoms with Crippen molar-refractivity contribution in [2.75, 3.05) is 20.1 Å². The summed E-state index contributed by atoms with van der Waals surface area (Å²) in [7, 11) is 1.83. The highest BCUT2D eigenvalue weighted by Gasteiger charge is 2.25. The summed E-state index contributed by atoms with van der Waals surface area (Å²) in [6, 6.07) is 5.59. The Labute approximate surface area is 114 Å². The van der Waals surface area contributed by atoms with Crippen molar-refractivity contribution in [1.82, 2.24) is 10.2 Å². The minimum atomic E-state index is -0.0231. The van der Waals surface area contributed by atoms with Gasteiger partial charge in [0.15, 0.2) is 0 Å². The SMILES string of the molecule is CN(C(=O)c1cc(Br)ccc1Cl)C1CCNC1. The van der Waals surface area contributed by atoms with Crippen LogP contribution in [-0.4, -0.2) is 37.0 Å². The number of hydrogen-bond donors (Lipinski definition) is 1. The first kappa shape index (κ1) is 12.9. The molecule has 92 valence electrons. The van der Waals surface area contributed by atoms with Gasteiger partial charge in [-0.2, -0.15) is 0 Å². The summed E-state index contributed by atoms with van der Waals surface area (Å²) in [4.78, 5) is 14.1. The Bertz CT molecular complexity index is 433. The van der Waals surface area contributed by atoms with Gasteiger partial charge in [-0.15, -0.1) is 0 Å². The molecule has 1 N–H and O–H groups in total. The van der Waals surface area contributed by atoms with Gasteiger partial charge in [-0.3, -0.25) is 4.79 Å². The lowest BCUT2D eigenvalue weighted by atomic mass is 10.1. The van der Waals surface area contributed by atoms with Crippen LogP contribution in [0, 0.1) is 0 Å². The van der Waals surface area contributed by atoms with Gasteiger partial charge in [0.25, 0.3) is 5.91 Å². The van der Waals surface area contributed by atoms with Crippen LogP contribution < -0.4 is 5.32 Å². The summed E-state index contributed by atoms with van der Waals surface area (Å²) < 4.78 is 0.864. The maximum absolute atomic E-state index is 12.3. The van der Waals surface area contributed by atoms with Crippen molar-refractivity contribution in [2.24, 2.45) is 0 Å². The molecule has 0 aliphatic carbocycles. The van der Waals surface area contributed by atoms with Crippen molar-refractivity contribution in [2.45, 2.75) is 12.5 Å². The molecule has 0 bridgehead atoms. The van der Waals surface area contributed by atoms with E-state index < -0.39 is 0 Å². The molecule has 0 radical (unpaired) electrons. The van der Waals surface area contributed by atoms with Crippen LogP contribution in [0.4, 0.5) is 0 Å². The first-order chi connectivity index (χ1) is 8.09. The van der Waals surface area contributed by atoms with Gasteiger partial charge in [0.2, 0.25) is 0 Å². The molecule has 1 amide bonds. The lowest BCUT2D eigenvalue weighted by Crippen LogP contribution is -2.38. The minimum absolute atomic E-state index is 0.0231. The molecule has 1 aromatic rings. The molecule has 2 rings (SSSR count). The maximum atomic E-state index is 12.3. The van der Waals surface area contributed by atoms with Crippen molar-refractivity contribution in [3.63, 3.8) is 0 Å². The zero-order valence-electron chi connectivity index (χ0n) is 9.54. The molecule has 1 fully saturated rings. The number of likely N-dealkylation sites (N-methyl/N-ethyl adjacent to an activating group) is 1. The Morgan fingerprint density at radius 3 is 3.00 bits per heavy atom. The number of carbonyl (C=O) groups is 1. The maximum Gasteiger partial charge on any atom is 0.255 e. The summed E-state index contributed by atoms with van der Waals surface area (Å²) in [5.74, 6) is -0.0231. The van der Waals surface area contributed by atoms with E-state index in [1.165, 1.54) is 0 Å². The first-order valence-electron chi connectivity index (χ1n) is 5.52. The zero-order chi connectivity index (χ0) is 12.4. The summed E-state index contributed by atoms with van der Waals surface area (Å²) >= 11 is 9.41. The highest BCUT2D eigenvalue weighted by atomic mass is 79.9. The molecule has 1 atom stereocenters. The van der Waals surface area contributed by atoms with E-state index in [4.69, 9.17) is 11.6 Å². The average Bonchev–Trinajstić information content (AvgIpc) is 2.84. The first-order valence-corrected chi connectivity index (χ1v) is 6.69. The van der Waals surface area contributed by atoms with Gasteiger partial charge in [0, 0.05) is 24.1 Å². The van der Waals surface area contributed by atoms with Crippen LogP contribution in [0.25, 0.3) is 0 Å². The van der Waals surface area contributed by atoms with Gasteiger partial charge in [-0.05, 0) is 31.2 Å². The zero-order valence-corrected chi connectivity index (χ0v) is 11.9. The molecule has 5 heteroatoms. The van der Waals surface area contributed by atoms with E-state index in [0.29, 0.717) is 10.6 Å². The van der Waals surface area contributed by atoms with Crippen molar-refractivity contribution in [1.29, 1.82) is 0 Å². The average molecular weight is 318 g/mol. The smallest absolute Gasteiger partial charge is 0.255 e. The van der Waals surface area contributed by atoms with E-state index in [-0.39, 0.29) is 11.9 Å². The fourth-order valence-electron chi connectivity index (χ4n) is 1.99. The largest absolute Gasteiger partial charge is 0.337 e. The van der Waals surface area contributed by atoms with Crippen LogP contribution in [-0.2, 0) is 0 Å². The van der Waals surface area contributed by atoms with Crippen molar-refractivity contribution in [3.8, 4) is 0 Å². The monoisotopic (exact) mass is 316 g/mol. The fraction of sp³-hybridized carbons (Fsp3) is 0.417. The van der Waals surface area contributed by atoms with Crippen LogP contribution in [0.1, 0.15) is 16.8 Å². The molecule has 17 heavy (non-hydrogen) atoms. The molecule has 1 aromatic carbocycles. The Balaban J connectivity index is 2.20. The predicted octanol–water partition coefficient (Wildman–Crippen LogP) is 2.54. The quantitative estimate of drug-likeness (QED) is 0.909. The Morgan fingerprint density at radius 1 is 1.59 bits per heavy atom. The van der Waals surface area contributed by atoms with E-state index in [1.54, 1.807) is 17.0 Å². The number of nitrogens with zero attached hydrogens (tertiary/aromatic N) is 1. The Kier molecular flexibility index (Phi) is 4.07. The predicted molar refractivity (Wildman–Crippen MR) is 72.5 cm³/mol. The highest BCUT2D eigenvalue weighted by molar-refractivity contribution is 9.10. The number of amides is 1. The summed E-state index contributed by atoms with van der Waals surface area (Å²) in [6.07, 6.45) is 0.994. The summed E-state index contributed by atoms with van der Waals surface area (Å²) in [5, 5.41) is 3.75. The molecular weight excluding hydrogens is 304 g/mol. The Hall–Kier alpha value is -0.580. The van der Waals surface area contributed by atoms with Gasteiger partial charge >= 0.3 is 0 Å². The van der Waals surface area contributed by atoms with Crippen molar-refractivity contribution in [3.05, 3.63) is 33.3 Å². The van der Waals surface area contributed by atoms with E-state index in [2.05, 4.69) is 21.2 Å². The third-order valence-corrected chi connectivity index (χ3v) is 3.88. The lowest BCUT2D eigenvalue weighted by molar-refractivity contribution is 0.0744. The van der Waals surface area contributed by atoms with Gasteiger partial charge in [0.1, 0.15) is 0 Å². The number of rotatable bonds is 2. The number of nitrogens with one attached hydrogen (secondary N) is 1. The van der Waals surface area contributed by atoms with Gasteiger partial charge < -0.3 is 10.2 Å². The normalized spacial score (nSPS) is 19.4. The molecule has 1 aliphatic rings. The highest BCUT2D eigenvalue weighted by Crippen LogP contribution is 2.23. The Morgan fingerprint density at radius 2 is 2.35 bits per heavy atom. The second-order valence-corrected chi connectivity index (χ2v) is 5.51. The standard InChI is InChI=1S/C12H14BrClN2O/c1-16(9-4-5-15-7-9)12(17)10-6-8(13)2-3-11(10)14/h2-3,6,9,15H,4-5,7H2,1H3. The second kappa shape index (κ2) is 5.38. The molecule has 1 saturated heterocycles. The van der Waals surface area contributed by atoms with E-state index in [0.717, 1.165) is 24.0 Å². The molecule has 1 heterocycles. The van der Waals surface area contributed by atoms with E-state index in [9.17, 15) is 4.79 Å². The molecular formula is C12H14BrClN2O. The third kappa shape index (κ3) is 2.81. The van der Waals surface area contributed by atoms with E-state index >= 15 is 0 Å². The third-order valence-electron chi connectivity index (χ3n) is 3.06. The number of carbonyl (C=O) groups excluding carboxylic acids is 1.